The first-order valence-corrected chi connectivity index (χ1v) is 12.9. The number of carbonyl (C=O) groups is 1. The van der Waals surface area contributed by atoms with Crippen LogP contribution in [0.1, 0.15) is 34.9 Å². The fourth-order valence-corrected chi connectivity index (χ4v) is 5.34. The Hall–Kier alpha value is -4.26. The molecular formula is C27H27F3N8O2. The Kier molecular flexibility index (Phi) is 6.74. The lowest BCUT2D eigenvalue weighted by molar-refractivity contribution is 0.0986. The molecule has 1 amide bonds. The minimum absolute atomic E-state index is 0.00647. The number of fused-ring (bicyclic) bond motifs is 1. The Morgan fingerprint density at radius 1 is 1.05 bits per heavy atom. The Balaban J connectivity index is 1.26. The number of ether oxygens (including phenoxy) is 1. The number of carbonyl (C=O) groups excluding carboxylic acids is 1. The second-order valence-electron chi connectivity index (χ2n) is 9.96. The molecule has 13 heteroatoms. The van der Waals surface area contributed by atoms with Gasteiger partial charge in [0.2, 0.25) is 0 Å². The maximum absolute atomic E-state index is 14.6. The summed E-state index contributed by atoms with van der Waals surface area (Å²) in [5.74, 6) is -0.287. The van der Waals surface area contributed by atoms with E-state index >= 15 is 0 Å². The van der Waals surface area contributed by atoms with Crippen LogP contribution >= 0.6 is 0 Å². The molecule has 10 nitrogen and oxygen atoms in total. The van der Waals surface area contributed by atoms with Gasteiger partial charge in [0, 0.05) is 39.2 Å². The summed E-state index contributed by atoms with van der Waals surface area (Å²) in [6.45, 7) is 1.46. The number of alkyl halides is 1. The summed E-state index contributed by atoms with van der Waals surface area (Å²) >= 11 is 0. The van der Waals surface area contributed by atoms with Gasteiger partial charge in [0.1, 0.15) is 35.1 Å². The van der Waals surface area contributed by atoms with Crippen molar-refractivity contribution in [3.05, 3.63) is 71.8 Å². The molecule has 2 aliphatic heterocycles. The summed E-state index contributed by atoms with van der Waals surface area (Å²) in [4.78, 5) is 31.4. The van der Waals surface area contributed by atoms with Crippen LogP contribution in [0.25, 0.3) is 5.65 Å². The van der Waals surface area contributed by atoms with E-state index in [0.29, 0.717) is 29.6 Å². The first-order valence-electron chi connectivity index (χ1n) is 12.9. The van der Waals surface area contributed by atoms with E-state index < -0.39 is 29.8 Å². The van der Waals surface area contributed by atoms with Crippen molar-refractivity contribution < 1.29 is 22.7 Å². The fraction of sp³-hybridized carbons (Fsp3) is 0.370. The van der Waals surface area contributed by atoms with E-state index in [1.165, 1.54) is 21.8 Å². The molecular weight excluding hydrogens is 525 g/mol. The van der Waals surface area contributed by atoms with Crippen LogP contribution in [0.3, 0.4) is 0 Å². The van der Waals surface area contributed by atoms with Crippen LogP contribution in [0.15, 0.2) is 48.9 Å². The summed E-state index contributed by atoms with van der Waals surface area (Å²) in [7, 11) is 3.25. The second kappa shape index (κ2) is 10.4. The van der Waals surface area contributed by atoms with Crippen molar-refractivity contribution in [1.82, 2.24) is 24.6 Å². The Morgan fingerprint density at radius 2 is 1.90 bits per heavy atom. The molecule has 0 N–H and O–H groups in total. The van der Waals surface area contributed by atoms with Crippen LogP contribution in [-0.2, 0) is 4.74 Å². The van der Waals surface area contributed by atoms with Crippen molar-refractivity contribution in [3.63, 3.8) is 0 Å². The molecule has 5 heterocycles. The fourth-order valence-electron chi connectivity index (χ4n) is 5.34. The molecule has 2 saturated heterocycles. The van der Waals surface area contributed by atoms with Gasteiger partial charge in [-0.15, -0.1) is 5.10 Å². The number of hydrogen-bond acceptors (Lipinski definition) is 8. The standard InChI is InChI=1S/C27H27F3N8O2/c1-35(27(39)21-11-32-25(12-31-21)36-8-7-18(15-36)40-2)26-13-33-23-5-6-24(34-38(23)26)37-14-17(29)10-22(37)19-9-16(28)3-4-20(19)30/h3-6,9,11-13,17-18,22H,7-8,10,14-15H2,1-2H3/t17-,18?,22+/m0/s1. The lowest BCUT2D eigenvalue weighted by Crippen LogP contribution is -2.30. The van der Waals surface area contributed by atoms with E-state index in [4.69, 9.17) is 4.74 Å². The van der Waals surface area contributed by atoms with Crippen molar-refractivity contribution in [2.24, 2.45) is 0 Å². The molecule has 3 atom stereocenters. The molecule has 3 aromatic heterocycles. The minimum atomic E-state index is -1.25. The number of imidazole rings is 1. The number of hydrogen-bond donors (Lipinski definition) is 0. The summed E-state index contributed by atoms with van der Waals surface area (Å²) in [6.07, 6.45) is 4.27. The van der Waals surface area contributed by atoms with Crippen molar-refractivity contribution in [1.29, 1.82) is 0 Å². The van der Waals surface area contributed by atoms with E-state index in [1.807, 2.05) is 0 Å². The first-order chi connectivity index (χ1) is 19.3. The number of amides is 1. The van der Waals surface area contributed by atoms with Gasteiger partial charge >= 0.3 is 0 Å². The Labute approximate surface area is 228 Å². The van der Waals surface area contributed by atoms with Gasteiger partial charge < -0.3 is 14.5 Å². The SMILES string of the molecule is COC1CCN(c2cnc(C(=O)N(C)c3cnc4ccc(N5C[C@@H](F)C[C@@H]5c5cc(F)ccc5F)nn34)cn2)C1. The van der Waals surface area contributed by atoms with Gasteiger partial charge in [0.15, 0.2) is 11.5 Å². The zero-order valence-corrected chi connectivity index (χ0v) is 21.9. The average molecular weight is 553 g/mol. The van der Waals surface area contributed by atoms with Crippen LogP contribution in [-0.4, -0.2) is 76.5 Å². The molecule has 0 radical (unpaired) electrons. The van der Waals surface area contributed by atoms with Crippen molar-refractivity contribution >= 4 is 29.0 Å². The van der Waals surface area contributed by atoms with Gasteiger partial charge in [-0.05, 0) is 36.8 Å². The molecule has 1 aromatic carbocycles. The quantitative estimate of drug-likeness (QED) is 0.359. The van der Waals surface area contributed by atoms with Crippen LogP contribution in [0.2, 0.25) is 0 Å². The smallest absolute Gasteiger partial charge is 0.279 e. The molecule has 40 heavy (non-hydrogen) atoms. The lowest BCUT2D eigenvalue weighted by atomic mass is 10.0. The number of rotatable bonds is 6. The highest BCUT2D eigenvalue weighted by Gasteiger charge is 2.36. The highest BCUT2D eigenvalue weighted by Crippen LogP contribution is 2.38. The van der Waals surface area contributed by atoms with Gasteiger partial charge in [-0.25, -0.2) is 28.1 Å². The summed E-state index contributed by atoms with van der Waals surface area (Å²) < 4.78 is 49.9. The molecule has 2 fully saturated rings. The van der Waals surface area contributed by atoms with E-state index in [9.17, 15) is 18.0 Å². The van der Waals surface area contributed by atoms with Crippen LogP contribution in [0.5, 0.6) is 0 Å². The monoisotopic (exact) mass is 552 g/mol. The third kappa shape index (κ3) is 4.70. The largest absolute Gasteiger partial charge is 0.380 e. The van der Waals surface area contributed by atoms with Crippen molar-refractivity contribution in [2.75, 3.05) is 48.5 Å². The molecule has 2 aliphatic rings. The number of methoxy groups -OCH3 is 1. The van der Waals surface area contributed by atoms with E-state index in [1.54, 1.807) is 37.4 Å². The van der Waals surface area contributed by atoms with Gasteiger partial charge in [-0.2, -0.15) is 4.52 Å². The molecule has 208 valence electrons. The maximum Gasteiger partial charge on any atom is 0.279 e. The van der Waals surface area contributed by atoms with Crippen LogP contribution in [0.4, 0.5) is 30.6 Å². The predicted molar refractivity (Wildman–Crippen MR) is 141 cm³/mol. The number of nitrogens with zero attached hydrogens (tertiary/aromatic N) is 8. The highest BCUT2D eigenvalue weighted by molar-refractivity contribution is 6.03. The normalized spacial score (nSPS) is 21.0. The number of halogens is 3. The van der Waals surface area contributed by atoms with Crippen LogP contribution in [0, 0.1) is 11.6 Å². The minimum Gasteiger partial charge on any atom is -0.380 e. The van der Waals surface area contributed by atoms with Gasteiger partial charge in [-0.3, -0.25) is 9.69 Å². The summed E-state index contributed by atoms with van der Waals surface area (Å²) in [5.41, 5.74) is 0.654. The lowest BCUT2D eigenvalue weighted by Gasteiger charge is -2.26. The average Bonchev–Trinajstić information content (AvgIpc) is 3.71. The Morgan fingerprint density at radius 3 is 2.65 bits per heavy atom. The zero-order valence-electron chi connectivity index (χ0n) is 21.9. The van der Waals surface area contributed by atoms with Gasteiger partial charge in [0.25, 0.3) is 5.91 Å². The third-order valence-electron chi connectivity index (χ3n) is 7.50. The third-order valence-corrected chi connectivity index (χ3v) is 7.50. The first kappa shape index (κ1) is 26.0. The summed E-state index contributed by atoms with van der Waals surface area (Å²) in [6, 6.07) is 5.73. The number of benzene rings is 1. The molecule has 0 bridgehead atoms. The van der Waals surface area contributed by atoms with E-state index in [0.717, 1.165) is 31.2 Å². The maximum atomic E-state index is 14.6. The second-order valence-corrected chi connectivity index (χ2v) is 9.96. The van der Waals surface area contributed by atoms with E-state index in [2.05, 4.69) is 25.0 Å². The van der Waals surface area contributed by atoms with Crippen molar-refractivity contribution in [3.8, 4) is 0 Å². The Bertz CT molecular complexity index is 1550. The molecule has 6 rings (SSSR count). The molecule has 0 spiro atoms. The molecule has 0 saturated carbocycles. The molecule has 1 unspecified atom stereocenters. The molecule has 0 aliphatic carbocycles. The summed E-state index contributed by atoms with van der Waals surface area (Å²) in [5, 5.41) is 4.61. The molecule has 4 aromatic rings. The van der Waals surface area contributed by atoms with Gasteiger partial charge in [-0.1, -0.05) is 0 Å². The number of anilines is 3. The zero-order chi connectivity index (χ0) is 28.0. The highest BCUT2D eigenvalue weighted by atomic mass is 19.1. The predicted octanol–water partition coefficient (Wildman–Crippen LogP) is 3.59. The number of aromatic nitrogens is 5. The van der Waals surface area contributed by atoms with Crippen LogP contribution < -0.4 is 14.7 Å². The topological polar surface area (TPSA) is 92.0 Å². The van der Waals surface area contributed by atoms with E-state index in [-0.39, 0.29) is 30.3 Å². The van der Waals surface area contributed by atoms with Crippen molar-refractivity contribution in [2.45, 2.75) is 31.2 Å². The van der Waals surface area contributed by atoms with Gasteiger partial charge in [0.05, 0.1) is 37.3 Å².